The van der Waals surface area contributed by atoms with Crippen LogP contribution in [-0.4, -0.2) is 28.1 Å². The number of phenolic OH excluding ortho intramolecular Hbond substituents is 1. The Hall–Kier alpha value is -4.60. The highest BCUT2D eigenvalue weighted by atomic mass is 19.1. The molecular formula is C21H15FN4O5. The molecule has 0 saturated carbocycles. The Balaban J connectivity index is 1.67. The summed E-state index contributed by atoms with van der Waals surface area (Å²) in [5.74, 6) is -1.79. The molecule has 0 aliphatic rings. The van der Waals surface area contributed by atoms with Crippen molar-refractivity contribution in [2.24, 2.45) is 5.10 Å². The number of carbonyl (C=O) groups is 2. The molecule has 0 fully saturated rings. The normalized spacial score (nSPS) is 10.6. The second-order valence-electron chi connectivity index (χ2n) is 6.24. The molecule has 0 atom stereocenters. The second kappa shape index (κ2) is 9.27. The predicted octanol–water partition coefficient (Wildman–Crippen LogP) is 3.46. The molecule has 0 heterocycles. The summed E-state index contributed by atoms with van der Waals surface area (Å²) < 4.78 is 13.0. The van der Waals surface area contributed by atoms with E-state index in [1.807, 2.05) is 0 Å². The first-order valence-corrected chi connectivity index (χ1v) is 8.81. The molecular weight excluding hydrogens is 407 g/mol. The summed E-state index contributed by atoms with van der Waals surface area (Å²) in [6.45, 7) is 0. The minimum atomic E-state index is -0.624. The molecule has 0 aliphatic carbocycles. The average Bonchev–Trinajstić information content (AvgIpc) is 2.75. The number of amides is 2. The number of rotatable bonds is 6. The molecule has 0 unspecified atom stereocenters. The van der Waals surface area contributed by atoms with Crippen molar-refractivity contribution in [3.63, 3.8) is 0 Å². The molecule has 9 nitrogen and oxygen atoms in total. The minimum Gasteiger partial charge on any atom is -0.507 e. The van der Waals surface area contributed by atoms with Crippen molar-refractivity contribution in [3.05, 3.63) is 99.4 Å². The minimum absolute atomic E-state index is 0.0508. The lowest BCUT2D eigenvalue weighted by Crippen LogP contribution is -2.18. The van der Waals surface area contributed by atoms with Gasteiger partial charge in [-0.3, -0.25) is 19.7 Å². The van der Waals surface area contributed by atoms with Gasteiger partial charge in [0.25, 0.3) is 17.5 Å². The number of phenols is 1. The standard InChI is InChI=1S/C21H15FN4O5/c22-16-6-4-13(5-7-16)20(28)24-17-3-1-2-14(10-17)21(29)25-23-12-15-11-18(26(30)31)8-9-19(15)27/h1-12,27H,(H,24,28)(H,25,29)/b23-12+. The van der Waals surface area contributed by atoms with Crippen LogP contribution in [0.3, 0.4) is 0 Å². The number of anilines is 1. The van der Waals surface area contributed by atoms with Crippen LogP contribution in [0, 0.1) is 15.9 Å². The summed E-state index contributed by atoms with van der Waals surface area (Å²) in [5.41, 5.74) is 2.81. The van der Waals surface area contributed by atoms with Crippen LogP contribution in [0.2, 0.25) is 0 Å². The number of carbonyl (C=O) groups excluding carboxylic acids is 2. The Morgan fingerprint density at radius 2 is 1.74 bits per heavy atom. The van der Waals surface area contributed by atoms with Crippen molar-refractivity contribution in [2.45, 2.75) is 0 Å². The third-order valence-electron chi connectivity index (χ3n) is 4.08. The molecule has 3 aromatic rings. The second-order valence-corrected chi connectivity index (χ2v) is 6.24. The number of hydrogen-bond acceptors (Lipinski definition) is 6. The zero-order valence-corrected chi connectivity index (χ0v) is 15.8. The largest absolute Gasteiger partial charge is 0.507 e. The Morgan fingerprint density at radius 3 is 2.45 bits per heavy atom. The molecule has 0 radical (unpaired) electrons. The van der Waals surface area contributed by atoms with E-state index in [9.17, 15) is 29.2 Å². The molecule has 2 amide bonds. The number of hydrogen-bond donors (Lipinski definition) is 3. The van der Waals surface area contributed by atoms with Gasteiger partial charge in [-0.05, 0) is 48.5 Å². The van der Waals surface area contributed by atoms with Crippen LogP contribution in [0.15, 0.2) is 71.8 Å². The van der Waals surface area contributed by atoms with Crippen LogP contribution in [0.1, 0.15) is 26.3 Å². The van der Waals surface area contributed by atoms with Crippen molar-refractivity contribution in [1.29, 1.82) is 0 Å². The van der Waals surface area contributed by atoms with Crippen molar-refractivity contribution >= 4 is 29.4 Å². The van der Waals surface area contributed by atoms with Gasteiger partial charge in [0.1, 0.15) is 11.6 Å². The van der Waals surface area contributed by atoms with Crippen LogP contribution < -0.4 is 10.7 Å². The molecule has 31 heavy (non-hydrogen) atoms. The van der Waals surface area contributed by atoms with Gasteiger partial charge in [0.05, 0.1) is 11.1 Å². The van der Waals surface area contributed by atoms with Crippen LogP contribution >= 0.6 is 0 Å². The number of hydrazone groups is 1. The summed E-state index contributed by atoms with van der Waals surface area (Å²) in [5, 5.41) is 26.8. The number of nitro benzene ring substituents is 1. The van der Waals surface area contributed by atoms with E-state index in [0.717, 1.165) is 36.5 Å². The highest BCUT2D eigenvalue weighted by Gasteiger charge is 2.11. The van der Waals surface area contributed by atoms with Crippen molar-refractivity contribution < 1.29 is 24.0 Å². The van der Waals surface area contributed by atoms with E-state index in [2.05, 4.69) is 15.8 Å². The predicted molar refractivity (Wildman–Crippen MR) is 111 cm³/mol. The van der Waals surface area contributed by atoms with Crippen LogP contribution in [0.5, 0.6) is 5.75 Å². The van der Waals surface area contributed by atoms with E-state index >= 15 is 0 Å². The topological polar surface area (TPSA) is 134 Å². The average molecular weight is 422 g/mol. The Kier molecular flexibility index (Phi) is 6.31. The maximum atomic E-state index is 13.0. The molecule has 3 aromatic carbocycles. The van der Waals surface area contributed by atoms with E-state index in [1.54, 1.807) is 12.1 Å². The highest BCUT2D eigenvalue weighted by Crippen LogP contribution is 2.21. The van der Waals surface area contributed by atoms with Gasteiger partial charge < -0.3 is 10.4 Å². The summed E-state index contributed by atoms with van der Waals surface area (Å²) in [7, 11) is 0. The van der Waals surface area contributed by atoms with Crippen molar-refractivity contribution in [2.75, 3.05) is 5.32 Å². The Bertz CT molecular complexity index is 1180. The van der Waals surface area contributed by atoms with Gasteiger partial charge in [-0.1, -0.05) is 6.07 Å². The SMILES string of the molecule is O=C(N/N=C/c1cc([N+](=O)[O-])ccc1O)c1cccc(NC(=O)c2ccc(F)cc2)c1. The number of non-ortho nitro benzene ring substituents is 1. The number of nitrogens with one attached hydrogen (secondary N) is 2. The molecule has 156 valence electrons. The van der Waals surface area contributed by atoms with E-state index in [1.165, 1.54) is 24.3 Å². The molecule has 0 aromatic heterocycles. The zero-order valence-electron chi connectivity index (χ0n) is 15.8. The van der Waals surface area contributed by atoms with Gasteiger partial charge in [-0.25, -0.2) is 9.82 Å². The van der Waals surface area contributed by atoms with Gasteiger partial charge in [-0.2, -0.15) is 5.10 Å². The monoisotopic (exact) mass is 422 g/mol. The molecule has 3 N–H and O–H groups in total. The summed E-state index contributed by atoms with van der Waals surface area (Å²) in [6, 6.07) is 14.4. The molecule has 3 rings (SSSR count). The number of aromatic hydroxyl groups is 1. The zero-order chi connectivity index (χ0) is 22.4. The highest BCUT2D eigenvalue weighted by molar-refractivity contribution is 6.05. The summed E-state index contributed by atoms with van der Waals surface area (Å²) in [6.07, 6.45) is 1.07. The van der Waals surface area contributed by atoms with Gasteiger partial charge in [-0.15, -0.1) is 0 Å². The van der Waals surface area contributed by atoms with E-state index in [0.29, 0.717) is 5.69 Å². The number of nitrogens with zero attached hydrogens (tertiary/aromatic N) is 2. The molecule has 0 bridgehead atoms. The van der Waals surface area contributed by atoms with Crippen LogP contribution in [0.4, 0.5) is 15.8 Å². The van der Waals surface area contributed by atoms with Gasteiger partial charge in [0, 0.05) is 34.5 Å². The molecule has 0 spiro atoms. The van der Waals surface area contributed by atoms with Crippen LogP contribution in [0.25, 0.3) is 0 Å². The lowest BCUT2D eigenvalue weighted by molar-refractivity contribution is -0.384. The van der Waals surface area contributed by atoms with Crippen LogP contribution in [-0.2, 0) is 0 Å². The van der Waals surface area contributed by atoms with Crippen molar-refractivity contribution in [3.8, 4) is 5.75 Å². The third kappa shape index (κ3) is 5.48. The molecule has 0 saturated heterocycles. The summed E-state index contributed by atoms with van der Waals surface area (Å²) in [4.78, 5) is 34.7. The van der Waals surface area contributed by atoms with E-state index < -0.39 is 22.6 Å². The first kappa shape index (κ1) is 21.1. The quantitative estimate of drug-likeness (QED) is 0.318. The first-order valence-electron chi connectivity index (χ1n) is 8.81. The number of nitro groups is 1. The fourth-order valence-electron chi connectivity index (χ4n) is 2.53. The maximum absolute atomic E-state index is 13.0. The van der Waals surface area contributed by atoms with E-state index in [4.69, 9.17) is 0 Å². The lowest BCUT2D eigenvalue weighted by Gasteiger charge is -2.07. The third-order valence-corrected chi connectivity index (χ3v) is 4.08. The number of halogens is 1. The smallest absolute Gasteiger partial charge is 0.271 e. The van der Waals surface area contributed by atoms with E-state index in [-0.39, 0.29) is 28.1 Å². The molecule has 0 aliphatic heterocycles. The Labute approximate surface area is 175 Å². The van der Waals surface area contributed by atoms with Gasteiger partial charge >= 0.3 is 0 Å². The molecule has 10 heteroatoms. The fraction of sp³-hybridized carbons (Fsp3) is 0. The van der Waals surface area contributed by atoms with Gasteiger partial charge in [0.2, 0.25) is 0 Å². The number of benzene rings is 3. The van der Waals surface area contributed by atoms with Crippen molar-refractivity contribution in [1.82, 2.24) is 5.43 Å². The maximum Gasteiger partial charge on any atom is 0.271 e. The van der Waals surface area contributed by atoms with Gasteiger partial charge in [0.15, 0.2) is 0 Å². The lowest BCUT2D eigenvalue weighted by atomic mass is 10.1. The Morgan fingerprint density at radius 1 is 1.00 bits per heavy atom. The fourth-order valence-corrected chi connectivity index (χ4v) is 2.53. The summed E-state index contributed by atoms with van der Waals surface area (Å²) >= 11 is 0. The first-order chi connectivity index (χ1) is 14.8.